The van der Waals surface area contributed by atoms with Crippen molar-refractivity contribution < 1.29 is 13.9 Å². The summed E-state index contributed by atoms with van der Waals surface area (Å²) >= 11 is 0. The summed E-state index contributed by atoms with van der Waals surface area (Å²) in [6.45, 7) is 1.96. The molecule has 1 aromatic carbocycles. The summed E-state index contributed by atoms with van der Waals surface area (Å²) in [6, 6.07) is 4.58. The van der Waals surface area contributed by atoms with Crippen molar-refractivity contribution in [1.82, 2.24) is 0 Å². The number of halogens is 1. The Kier molecular flexibility index (Phi) is 2.81. The van der Waals surface area contributed by atoms with E-state index < -0.39 is 0 Å². The lowest BCUT2D eigenvalue weighted by molar-refractivity contribution is 0.175. The number of rotatable bonds is 0. The largest absolute Gasteiger partial charge is 0.452 e. The van der Waals surface area contributed by atoms with E-state index in [0.717, 1.165) is 24.1 Å². The van der Waals surface area contributed by atoms with E-state index in [0.29, 0.717) is 0 Å². The first-order chi connectivity index (χ1) is 7.63. The van der Waals surface area contributed by atoms with Crippen molar-refractivity contribution in [3.05, 3.63) is 29.6 Å². The number of benzene rings is 1. The van der Waals surface area contributed by atoms with E-state index >= 15 is 0 Å². The number of carbonyl (C=O) groups excluding carboxylic acids is 1. The van der Waals surface area contributed by atoms with E-state index in [1.54, 1.807) is 11.0 Å². The lowest BCUT2D eigenvalue weighted by Gasteiger charge is -2.33. The molecular weight excluding hydrogens is 209 g/mol. The third-order valence-corrected chi connectivity index (χ3v) is 2.94. The zero-order chi connectivity index (χ0) is 11.7. The van der Waals surface area contributed by atoms with Gasteiger partial charge in [-0.15, -0.1) is 0 Å². The molecule has 1 aromatic rings. The van der Waals surface area contributed by atoms with Gasteiger partial charge in [0.1, 0.15) is 5.82 Å². The second kappa shape index (κ2) is 4.12. The van der Waals surface area contributed by atoms with Gasteiger partial charge >= 0.3 is 6.09 Å². The molecule has 3 nitrogen and oxygen atoms in total. The van der Waals surface area contributed by atoms with Crippen LogP contribution in [0.4, 0.5) is 14.9 Å². The molecule has 0 fully saturated rings. The first-order valence-corrected chi connectivity index (χ1v) is 5.29. The highest BCUT2D eigenvalue weighted by atomic mass is 19.1. The van der Waals surface area contributed by atoms with Crippen LogP contribution in [0.1, 0.15) is 18.9 Å². The Balaban J connectivity index is 2.44. The van der Waals surface area contributed by atoms with Crippen molar-refractivity contribution in [3.8, 4) is 0 Å². The average molecular weight is 223 g/mol. The second-order valence-electron chi connectivity index (χ2n) is 4.00. The Morgan fingerprint density at radius 3 is 3.00 bits per heavy atom. The van der Waals surface area contributed by atoms with Crippen LogP contribution in [-0.2, 0) is 11.2 Å². The van der Waals surface area contributed by atoms with Gasteiger partial charge in [0.25, 0.3) is 0 Å². The van der Waals surface area contributed by atoms with Crippen LogP contribution in [0.2, 0.25) is 0 Å². The average Bonchev–Trinajstić information content (AvgIpc) is 2.28. The fourth-order valence-corrected chi connectivity index (χ4v) is 2.10. The van der Waals surface area contributed by atoms with Crippen LogP contribution >= 0.6 is 0 Å². The van der Waals surface area contributed by atoms with Crippen LogP contribution in [0, 0.1) is 5.82 Å². The molecule has 0 radical (unpaired) electrons. The third-order valence-electron chi connectivity index (χ3n) is 2.94. The number of methoxy groups -OCH3 is 1. The van der Waals surface area contributed by atoms with Gasteiger partial charge in [-0.2, -0.15) is 0 Å². The number of aryl methyl sites for hydroxylation is 1. The summed E-state index contributed by atoms with van der Waals surface area (Å²) in [6.07, 6.45) is 1.23. The second-order valence-corrected chi connectivity index (χ2v) is 4.00. The molecule has 16 heavy (non-hydrogen) atoms. The first kappa shape index (κ1) is 10.9. The highest BCUT2D eigenvalue weighted by molar-refractivity contribution is 5.89. The molecule has 0 bridgehead atoms. The first-order valence-electron chi connectivity index (χ1n) is 5.29. The maximum atomic E-state index is 13.1. The normalized spacial score (nSPS) is 19.2. The van der Waals surface area contributed by atoms with Crippen molar-refractivity contribution in [2.24, 2.45) is 0 Å². The molecule has 0 N–H and O–H groups in total. The SMILES string of the molecule is COC(=O)N1c2ccc(F)cc2CCC1C. The van der Waals surface area contributed by atoms with Gasteiger partial charge < -0.3 is 4.74 Å². The van der Waals surface area contributed by atoms with E-state index in [1.807, 2.05) is 6.92 Å². The molecule has 0 aliphatic carbocycles. The van der Waals surface area contributed by atoms with Gasteiger partial charge in [0.05, 0.1) is 12.8 Å². The summed E-state index contributed by atoms with van der Waals surface area (Å²) in [4.78, 5) is 13.2. The summed E-state index contributed by atoms with van der Waals surface area (Å²) in [7, 11) is 1.35. The van der Waals surface area contributed by atoms with Crippen LogP contribution in [0.3, 0.4) is 0 Å². The molecule has 1 atom stereocenters. The molecule has 0 saturated heterocycles. The van der Waals surface area contributed by atoms with Crippen molar-refractivity contribution in [3.63, 3.8) is 0 Å². The fourth-order valence-electron chi connectivity index (χ4n) is 2.10. The van der Waals surface area contributed by atoms with E-state index in [4.69, 9.17) is 4.74 Å². The van der Waals surface area contributed by atoms with Gasteiger partial charge in [0.2, 0.25) is 0 Å². The molecule has 86 valence electrons. The van der Waals surface area contributed by atoms with E-state index in [9.17, 15) is 9.18 Å². The Hall–Kier alpha value is -1.58. The van der Waals surface area contributed by atoms with Crippen molar-refractivity contribution in [2.75, 3.05) is 12.0 Å². The number of carbonyl (C=O) groups is 1. The molecule has 1 aliphatic rings. The zero-order valence-electron chi connectivity index (χ0n) is 9.37. The number of hydrogen-bond donors (Lipinski definition) is 0. The van der Waals surface area contributed by atoms with Crippen LogP contribution < -0.4 is 4.90 Å². The highest BCUT2D eigenvalue weighted by Crippen LogP contribution is 2.31. The zero-order valence-corrected chi connectivity index (χ0v) is 9.37. The van der Waals surface area contributed by atoms with Crippen LogP contribution in [0.15, 0.2) is 18.2 Å². The molecule has 1 heterocycles. The molecule has 0 aromatic heterocycles. The number of nitrogens with zero attached hydrogens (tertiary/aromatic N) is 1. The fraction of sp³-hybridized carbons (Fsp3) is 0.417. The molecule has 4 heteroatoms. The summed E-state index contributed by atoms with van der Waals surface area (Å²) in [5.41, 5.74) is 1.62. The molecule has 0 saturated carbocycles. The van der Waals surface area contributed by atoms with Gasteiger partial charge in [-0.25, -0.2) is 9.18 Å². The smallest absolute Gasteiger partial charge is 0.414 e. The monoisotopic (exact) mass is 223 g/mol. The summed E-state index contributed by atoms with van der Waals surface area (Å²) in [5, 5.41) is 0. The number of fused-ring (bicyclic) bond motifs is 1. The third kappa shape index (κ3) is 1.75. The van der Waals surface area contributed by atoms with Gasteiger partial charge in [-0.1, -0.05) is 0 Å². The Bertz CT molecular complexity index is 419. The van der Waals surface area contributed by atoms with Crippen molar-refractivity contribution in [1.29, 1.82) is 0 Å². The Morgan fingerprint density at radius 1 is 1.56 bits per heavy atom. The maximum Gasteiger partial charge on any atom is 0.414 e. The van der Waals surface area contributed by atoms with Gasteiger partial charge in [0.15, 0.2) is 0 Å². The van der Waals surface area contributed by atoms with Gasteiger partial charge in [-0.3, -0.25) is 4.90 Å². The van der Waals surface area contributed by atoms with Crippen LogP contribution in [-0.4, -0.2) is 19.2 Å². The Morgan fingerprint density at radius 2 is 2.31 bits per heavy atom. The minimum Gasteiger partial charge on any atom is -0.452 e. The maximum absolute atomic E-state index is 13.1. The molecule has 1 unspecified atom stereocenters. The molecular formula is C12H14FNO2. The van der Waals surface area contributed by atoms with Crippen LogP contribution in [0.25, 0.3) is 0 Å². The molecule has 1 amide bonds. The Labute approximate surface area is 93.8 Å². The lowest BCUT2D eigenvalue weighted by atomic mass is 9.97. The standard InChI is InChI=1S/C12H14FNO2/c1-8-3-4-9-7-10(13)5-6-11(9)14(8)12(15)16-2/h5-8H,3-4H2,1-2H3. The summed E-state index contributed by atoms with van der Waals surface area (Å²) < 4.78 is 17.8. The van der Waals surface area contributed by atoms with Crippen LogP contribution in [0.5, 0.6) is 0 Å². The van der Waals surface area contributed by atoms with Gasteiger partial charge in [-0.05, 0) is 43.5 Å². The summed E-state index contributed by atoms with van der Waals surface area (Å²) in [5.74, 6) is -0.266. The van der Waals surface area contributed by atoms with E-state index in [-0.39, 0.29) is 18.0 Å². The molecule has 0 spiro atoms. The lowest BCUT2D eigenvalue weighted by Crippen LogP contribution is -2.42. The quantitative estimate of drug-likeness (QED) is 0.676. The van der Waals surface area contributed by atoms with E-state index in [1.165, 1.54) is 19.2 Å². The molecule has 1 aliphatic heterocycles. The minimum absolute atomic E-state index is 0.0883. The molecule has 2 rings (SSSR count). The number of amides is 1. The predicted octanol–water partition coefficient (Wildman–Crippen LogP) is 2.73. The number of anilines is 1. The predicted molar refractivity (Wildman–Crippen MR) is 59.1 cm³/mol. The van der Waals surface area contributed by atoms with Gasteiger partial charge in [0, 0.05) is 6.04 Å². The number of ether oxygens (including phenoxy) is 1. The number of hydrogen-bond acceptors (Lipinski definition) is 2. The van der Waals surface area contributed by atoms with E-state index in [2.05, 4.69) is 0 Å². The van der Waals surface area contributed by atoms with Crippen molar-refractivity contribution in [2.45, 2.75) is 25.8 Å². The minimum atomic E-state index is -0.389. The topological polar surface area (TPSA) is 29.5 Å². The van der Waals surface area contributed by atoms with Crippen molar-refractivity contribution >= 4 is 11.8 Å². The highest BCUT2D eigenvalue weighted by Gasteiger charge is 2.28.